The van der Waals surface area contributed by atoms with Crippen LogP contribution in [0, 0.1) is 10.8 Å². The number of benzene rings is 2. The van der Waals surface area contributed by atoms with Crippen LogP contribution >= 0.6 is 0 Å². The molecule has 2 rings (SSSR count). The third kappa shape index (κ3) is 5.93. The van der Waals surface area contributed by atoms with Crippen molar-refractivity contribution >= 4 is 15.7 Å². The SMILES string of the molecule is CC(C)CN(C[C@@H](O)[C@@H](N)Cc1ccccc1)S(=O)(=O)c1ccc(N=O)cc1. The molecule has 0 saturated carbocycles. The van der Waals surface area contributed by atoms with Crippen LogP contribution in [0.15, 0.2) is 64.7 Å². The maximum absolute atomic E-state index is 13.0. The summed E-state index contributed by atoms with van der Waals surface area (Å²) in [6, 6.07) is 14.3. The number of aliphatic hydroxyl groups is 1. The molecule has 0 unspecified atom stereocenters. The number of nitrogens with zero attached hydrogens (tertiary/aromatic N) is 2. The van der Waals surface area contributed by atoms with Crippen LogP contribution in [0.2, 0.25) is 0 Å². The first-order valence-electron chi connectivity index (χ1n) is 9.15. The van der Waals surface area contributed by atoms with Crippen LogP contribution in [-0.4, -0.2) is 43.1 Å². The number of nitroso groups, excluding NO2 is 1. The van der Waals surface area contributed by atoms with Crippen molar-refractivity contribution in [3.63, 3.8) is 0 Å². The highest BCUT2D eigenvalue weighted by molar-refractivity contribution is 7.89. The van der Waals surface area contributed by atoms with Gasteiger partial charge in [0, 0.05) is 19.1 Å². The number of hydrogen-bond acceptors (Lipinski definition) is 6. The van der Waals surface area contributed by atoms with Gasteiger partial charge in [-0.15, -0.1) is 4.91 Å². The molecule has 28 heavy (non-hydrogen) atoms. The molecule has 0 fully saturated rings. The van der Waals surface area contributed by atoms with E-state index in [0.29, 0.717) is 6.42 Å². The van der Waals surface area contributed by atoms with E-state index in [9.17, 15) is 18.4 Å². The van der Waals surface area contributed by atoms with Crippen molar-refractivity contribution in [1.29, 1.82) is 0 Å². The van der Waals surface area contributed by atoms with E-state index in [4.69, 9.17) is 5.73 Å². The molecule has 7 nitrogen and oxygen atoms in total. The van der Waals surface area contributed by atoms with Crippen molar-refractivity contribution in [2.45, 2.75) is 37.3 Å². The zero-order valence-electron chi connectivity index (χ0n) is 16.1. The van der Waals surface area contributed by atoms with Gasteiger partial charge in [0.05, 0.1) is 11.0 Å². The second-order valence-corrected chi connectivity index (χ2v) is 9.16. The third-order valence-corrected chi connectivity index (χ3v) is 6.19. The summed E-state index contributed by atoms with van der Waals surface area (Å²) in [6.07, 6.45) is -0.582. The predicted octanol–water partition coefficient (Wildman–Crippen LogP) is 2.66. The molecule has 0 heterocycles. The second kappa shape index (κ2) is 9.88. The number of hydrogen-bond donors (Lipinski definition) is 2. The Labute approximate surface area is 166 Å². The van der Waals surface area contributed by atoms with Gasteiger partial charge in [0.2, 0.25) is 10.0 Å². The molecule has 0 saturated heterocycles. The van der Waals surface area contributed by atoms with Crippen molar-refractivity contribution in [2.75, 3.05) is 13.1 Å². The highest BCUT2D eigenvalue weighted by Gasteiger charge is 2.29. The first-order valence-corrected chi connectivity index (χ1v) is 10.6. The average molecular weight is 406 g/mol. The summed E-state index contributed by atoms with van der Waals surface area (Å²) >= 11 is 0. The standard InChI is InChI=1S/C20H27N3O4S/c1-15(2)13-23(28(26,27)18-10-8-17(22-25)9-11-18)14-20(24)19(21)12-16-6-4-3-5-7-16/h3-11,15,19-20,24H,12-14,21H2,1-2H3/t19-,20+/m0/s1. The van der Waals surface area contributed by atoms with Crippen molar-refractivity contribution in [3.05, 3.63) is 65.1 Å². The topological polar surface area (TPSA) is 113 Å². The van der Waals surface area contributed by atoms with Crippen LogP contribution in [0.4, 0.5) is 5.69 Å². The summed E-state index contributed by atoms with van der Waals surface area (Å²) in [4.78, 5) is 10.6. The van der Waals surface area contributed by atoms with Gasteiger partial charge in [-0.3, -0.25) is 0 Å². The van der Waals surface area contributed by atoms with Crippen LogP contribution in [0.3, 0.4) is 0 Å². The number of nitrogens with two attached hydrogens (primary N) is 1. The first kappa shape index (κ1) is 22.2. The van der Waals surface area contributed by atoms with E-state index in [0.717, 1.165) is 5.56 Å². The van der Waals surface area contributed by atoms with E-state index < -0.39 is 22.2 Å². The van der Waals surface area contributed by atoms with Gasteiger partial charge >= 0.3 is 0 Å². The summed E-state index contributed by atoms with van der Waals surface area (Å²) in [5.74, 6) is 0.0586. The summed E-state index contributed by atoms with van der Waals surface area (Å²) in [6.45, 7) is 3.93. The Morgan fingerprint density at radius 2 is 1.64 bits per heavy atom. The molecule has 8 heteroatoms. The third-order valence-electron chi connectivity index (χ3n) is 4.35. The minimum Gasteiger partial charge on any atom is -0.390 e. The average Bonchev–Trinajstić information content (AvgIpc) is 2.67. The molecule has 0 amide bonds. The first-order chi connectivity index (χ1) is 13.2. The predicted molar refractivity (Wildman–Crippen MR) is 110 cm³/mol. The lowest BCUT2D eigenvalue weighted by atomic mass is 10.0. The van der Waals surface area contributed by atoms with Gasteiger partial charge in [0.25, 0.3) is 0 Å². The fourth-order valence-corrected chi connectivity index (χ4v) is 4.49. The fraction of sp³-hybridized carbons (Fsp3) is 0.400. The molecule has 152 valence electrons. The zero-order chi connectivity index (χ0) is 20.7. The van der Waals surface area contributed by atoms with Crippen molar-refractivity contribution in [3.8, 4) is 0 Å². The molecule has 0 aromatic heterocycles. The Balaban J connectivity index is 2.18. The van der Waals surface area contributed by atoms with Crippen LogP contribution in [0.5, 0.6) is 0 Å². The van der Waals surface area contributed by atoms with Crippen LogP contribution in [0.1, 0.15) is 19.4 Å². The van der Waals surface area contributed by atoms with Crippen LogP contribution in [0.25, 0.3) is 0 Å². The Hall–Kier alpha value is -2.13. The highest BCUT2D eigenvalue weighted by Crippen LogP contribution is 2.21. The quantitative estimate of drug-likeness (QED) is 0.590. The molecule has 0 radical (unpaired) electrons. The molecule has 2 aromatic carbocycles. The zero-order valence-corrected chi connectivity index (χ0v) is 16.9. The molecule has 2 atom stereocenters. The summed E-state index contributed by atoms with van der Waals surface area (Å²) in [7, 11) is -3.85. The van der Waals surface area contributed by atoms with Crippen LogP contribution in [-0.2, 0) is 16.4 Å². The molecular formula is C20H27N3O4S. The summed E-state index contributed by atoms with van der Waals surface area (Å²) in [5.41, 5.74) is 7.26. The molecule has 0 aliphatic rings. The molecule has 2 aromatic rings. The van der Waals surface area contributed by atoms with Crippen molar-refractivity contribution < 1.29 is 13.5 Å². The smallest absolute Gasteiger partial charge is 0.243 e. The van der Waals surface area contributed by atoms with E-state index in [1.807, 2.05) is 44.2 Å². The number of aliphatic hydroxyl groups excluding tert-OH is 1. The van der Waals surface area contributed by atoms with Gasteiger partial charge < -0.3 is 10.8 Å². The largest absolute Gasteiger partial charge is 0.390 e. The lowest BCUT2D eigenvalue weighted by molar-refractivity contribution is 0.116. The molecule has 0 bridgehead atoms. The number of sulfonamides is 1. The van der Waals surface area contributed by atoms with Gasteiger partial charge in [0.15, 0.2) is 0 Å². The van der Waals surface area contributed by atoms with Gasteiger partial charge in [-0.05, 0) is 47.3 Å². The number of rotatable bonds is 10. The van der Waals surface area contributed by atoms with Gasteiger partial charge in [-0.1, -0.05) is 44.2 Å². The van der Waals surface area contributed by atoms with E-state index >= 15 is 0 Å². The van der Waals surface area contributed by atoms with Gasteiger partial charge in [0.1, 0.15) is 5.69 Å². The fourth-order valence-electron chi connectivity index (χ4n) is 2.87. The highest BCUT2D eigenvalue weighted by atomic mass is 32.2. The molecular weight excluding hydrogens is 378 g/mol. The lowest BCUT2D eigenvalue weighted by Gasteiger charge is -2.28. The van der Waals surface area contributed by atoms with Gasteiger partial charge in [-0.25, -0.2) is 8.42 Å². The second-order valence-electron chi connectivity index (χ2n) is 7.22. The van der Waals surface area contributed by atoms with E-state index in [1.165, 1.54) is 28.6 Å². The summed E-state index contributed by atoms with van der Waals surface area (Å²) < 4.78 is 27.3. The molecule has 0 spiro atoms. The Morgan fingerprint density at radius 1 is 1.04 bits per heavy atom. The van der Waals surface area contributed by atoms with E-state index in [-0.39, 0.29) is 29.6 Å². The van der Waals surface area contributed by atoms with Gasteiger partial charge in [-0.2, -0.15) is 4.31 Å². The Bertz CT molecular complexity index is 855. The molecule has 0 aliphatic carbocycles. The Kier molecular flexibility index (Phi) is 7.82. The molecule has 3 N–H and O–H groups in total. The maximum atomic E-state index is 13.0. The minimum atomic E-state index is -3.85. The monoisotopic (exact) mass is 405 g/mol. The normalized spacial score (nSPS) is 14.2. The van der Waals surface area contributed by atoms with Crippen molar-refractivity contribution in [2.24, 2.45) is 16.8 Å². The minimum absolute atomic E-state index is 0.0457. The van der Waals surface area contributed by atoms with E-state index in [1.54, 1.807) is 0 Å². The van der Waals surface area contributed by atoms with Crippen LogP contribution < -0.4 is 5.73 Å². The summed E-state index contributed by atoms with van der Waals surface area (Å²) in [5, 5.41) is 13.4. The molecule has 0 aliphatic heterocycles. The Morgan fingerprint density at radius 3 is 2.18 bits per heavy atom. The van der Waals surface area contributed by atoms with Crippen molar-refractivity contribution in [1.82, 2.24) is 4.31 Å². The van der Waals surface area contributed by atoms with E-state index in [2.05, 4.69) is 5.18 Å². The lowest BCUT2D eigenvalue weighted by Crippen LogP contribution is -2.47. The maximum Gasteiger partial charge on any atom is 0.243 e.